The van der Waals surface area contributed by atoms with Crippen LogP contribution in [0.2, 0.25) is 0 Å². The van der Waals surface area contributed by atoms with Crippen molar-refractivity contribution in [1.29, 1.82) is 0 Å². The number of alkyl halides is 1. The Kier molecular flexibility index (Phi) is 4.02. The maximum absolute atomic E-state index is 13.9. The third-order valence-corrected chi connectivity index (χ3v) is 4.47. The molecule has 20 heavy (non-hydrogen) atoms. The summed E-state index contributed by atoms with van der Waals surface area (Å²) in [6.07, 6.45) is 1.81. The molecule has 0 radical (unpaired) electrons. The second-order valence-electron chi connectivity index (χ2n) is 5.05. The SMILES string of the molecule is CC(Cl)c1nc2cc(Br)c(F)cc2n1C1CCOCC1. The van der Waals surface area contributed by atoms with Gasteiger partial charge in [-0.3, -0.25) is 0 Å². The van der Waals surface area contributed by atoms with Crippen molar-refractivity contribution in [2.75, 3.05) is 13.2 Å². The van der Waals surface area contributed by atoms with Gasteiger partial charge in [-0.05, 0) is 41.8 Å². The predicted octanol–water partition coefficient (Wildman–Crippen LogP) is 4.59. The van der Waals surface area contributed by atoms with E-state index in [1.54, 1.807) is 6.07 Å². The highest BCUT2D eigenvalue weighted by Gasteiger charge is 2.24. The van der Waals surface area contributed by atoms with Crippen LogP contribution < -0.4 is 0 Å². The topological polar surface area (TPSA) is 27.1 Å². The van der Waals surface area contributed by atoms with E-state index < -0.39 is 0 Å². The van der Waals surface area contributed by atoms with Gasteiger partial charge in [0.05, 0.1) is 20.9 Å². The Labute approximate surface area is 130 Å². The number of imidazole rings is 1. The van der Waals surface area contributed by atoms with Crippen LogP contribution in [0.25, 0.3) is 11.0 Å². The number of aromatic nitrogens is 2. The minimum atomic E-state index is -0.278. The molecule has 0 aliphatic carbocycles. The van der Waals surface area contributed by atoms with Crippen LogP contribution in [0.1, 0.15) is 37.0 Å². The first-order chi connectivity index (χ1) is 9.58. The molecular formula is C14H15BrClFN2O. The molecule has 0 N–H and O–H groups in total. The maximum Gasteiger partial charge on any atom is 0.139 e. The van der Waals surface area contributed by atoms with Crippen LogP contribution in [0.4, 0.5) is 4.39 Å². The molecule has 1 aliphatic rings. The number of nitrogens with zero attached hydrogens (tertiary/aromatic N) is 2. The monoisotopic (exact) mass is 360 g/mol. The summed E-state index contributed by atoms with van der Waals surface area (Å²) in [5.74, 6) is 0.519. The van der Waals surface area contributed by atoms with E-state index in [2.05, 4.69) is 25.5 Å². The largest absolute Gasteiger partial charge is 0.381 e. The van der Waals surface area contributed by atoms with Gasteiger partial charge in [-0.25, -0.2) is 9.37 Å². The lowest BCUT2D eigenvalue weighted by Gasteiger charge is -2.26. The van der Waals surface area contributed by atoms with Crippen molar-refractivity contribution in [1.82, 2.24) is 9.55 Å². The fourth-order valence-corrected chi connectivity index (χ4v) is 3.20. The van der Waals surface area contributed by atoms with Crippen molar-refractivity contribution >= 4 is 38.6 Å². The lowest BCUT2D eigenvalue weighted by Crippen LogP contribution is -2.21. The molecular weight excluding hydrogens is 347 g/mol. The molecule has 2 heterocycles. The molecule has 1 unspecified atom stereocenters. The lowest BCUT2D eigenvalue weighted by atomic mass is 10.1. The highest BCUT2D eigenvalue weighted by molar-refractivity contribution is 9.10. The van der Waals surface area contributed by atoms with Gasteiger partial charge in [0.1, 0.15) is 11.6 Å². The van der Waals surface area contributed by atoms with Crippen molar-refractivity contribution in [3.05, 3.63) is 28.2 Å². The molecule has 6 heteroatoms. The number of hydrogen-bond donors (Lipinski definition) is 0. The predicted molar refractivity (Wildman–Crippen MR) is 80.7 cm³/mol. The molecule has 3 nitrogen and oxygen atoms in total. The molecule has 1 fully saturated rings. The molecule has 0 amide bonds. The minimum Gasteiger partial charge on any atom is -0.381 e. The highest BCUT2D eigenvalue weighted by Crippen LogP contribution is 2.34. The molecule has 3 rings (SSSR count). The van der Waals surface area contributed by atoms with E-state index in [4.69, 9.17) is 16.3 Å². The van der Waals surface area contributed by atoms with Gasteiger partial charge in [-0.1, -0.05) is 0 Å². The van der Waals surface area contributed by atoms with Gasteiger partial charge in [0.15, 0.2) is 0 Å². The van der Waals surface area contributed by atoms with Crippen LogP contribution in [0.3, 0.4) is 0 Å². The summed E-state index contributed by atoms with van der Waals surface area (Å²) in [4.78, 5) is 4.58. The zero-order valence-corrected chi connectivity index (χ0v) is 13.4. The summed E-state index contributed by atoms with van der Waals surface area (Å²) in [7, 11) is 0. The minimum absolute atomic E-state index is 0.216. The van der Waals surface area contributed by atoms with Gasteiger partial charge in [-0.2, -0.15) is 0 Å². The summed E-state index contributed by atoms with van der Waals surface area (Å²) < 4.78 is 21.8. The highest BCUT2D eigenvalue weighted by atomic mass is 79.9. The van der Waals surface area contributed by atoms with Crippen molar-refractivity contribution in [3.8, 4) is 0 Å². The molecule has 0 saturated carbocycles. The number of ether oxygens (including phenoxy) is 1. The fourth-order valence-electron chi connectivity index (χ4n) is 2.72. The number of fused-ring (bicyclic) bond motifs is 1. The van der Waals surface area contributed by atoms with Crippen molar-refractivity contribution < 1.29 is 9.13 Å². The standard InChI is InChI=1S/C14H15BrClFN2O/c1-8(16)14-18-12-6-10(15)11(17)7-13(12)19(14)9-2-4-20-5-3-9/h6-9H,2-5H2,1H3. The Morgan fingerprint density at radius 1 is 1.45 bits per heavy atom. The summed E-state index contributed by atoms with van der Waals surface area (Å²) in [5.41, 5.74) is 1.58. The number of halogens is 3. The van der Waals surface area contributed by atoms with Crippen LogP contribution in [-0.4, -0.2) is 22.8 Å². The van der Waals surface area contributed by atoms with Crippen LogP contribution in [-0.2, 0) is 4.74 Å². The van der Waals surface area contributed by atoms with Crippen LogP contribution in [0.15, 0.2) is 16.6 Å². The quantitative estimate of drug-likeness (QED) is 0.732. The van der Waals surface area contributed by atoms with E-state index in [1.165, 1.54) is 6.07 Å². The lowest BCUT2D eigenvalue weighted by molar-refractivity contribution is 0.0698. The van der Waals surface area contributed by atoms with E-state index in [0.717, 1.165) is 42.9 Å². The van der Waals surface area contributed by atoms with Gasteiger partial charge >= 0.3 is 0 Å². The van der Waals surface area contributed by atoms with Gasteiger partial charge in [0.25, 0.3) is 0 Å². The smallest absolute Gasteiger partial charge is 0.139 e. The van der Waals surface area contributed by atoms with Crippen molar-refractivity contribution in [2.45, 2.75) is 31.2 Å². The summed E-state index contributed by atoms with van der Waals surface area (Å²) in [6.45, 7) is 3.34. The van der Waals surface area contributed by atoms with Gasteiger partial charge < -0.3 is 9.30 Å². The molecule has 1 aliphatic heterocycles. The number of hydrogen-bond acceptors (Lipinski definition) is 2. The molecule has 0 bridgehead atoms. The molecule has 1 atom stereocenters. The van der Waals surface area contributed by atoms with Gasteiger partial charge in [0, 0.05) is 25.3 Å². The molecule has 2 aromatic rings. The van der Waals surface area contributed by atoms with Crippen LogP contribution in [0, 0.1) is 5.82 Å². The van der Waals surface area contributed by atoms with E-state index in [9.17, 15) is 4.39 Å². The first-order valence-corrected chi connectivity index (χ1v) is 7.89. The van der Waals surface area contributed by atoms with Crippen molar-refractivity contribution in [2.24, 2.45) is 0 Å². The molecule has 108 valence electrons. The van der Waals surface area contributed by atoms with E-state index in [0.29, 0.717) is 4.47 Å². The zero-order valence-electron chi connectivity index (χ0n) is 11.1. The number of rotatable bonds is 2. The average molecular weight is 362 g/mol. The Balaban J connectivity index is 2.20. The molecule has 1 aromatic heterocycles. The summed E-state index contributed by atoms with van der Waals surface area (Å²) in [6, 6.07) is 3.51. The Morgan fingerprint density at radius 3 is 2.80 bits per heavy atom. The second-order valence-corrected chi connectivity index (χ2v) is 6.56. The summed E-state index contributed by atoms with van der Waals surface area (Å²) >= 11 is 9.46. The third kappa shape index (κ3) is 2.47. The average Bonchev–Trinajstić information content (AvgIpc) is 2.79. The molecule has 1 aromatic carbocycles. The summed E-state index contributed by atoms with van der Waals surface area (Å²) in [5, 5.41) is -0.216. The Morgan fingerprint density at radius 2 is 2.15 bits per heavy atom. The number of benzene rings is 1. The van der Waals surface area contributed by atoms with Crippen LogP contribution >= 0.6 is 27.5 Å². The Bertz CT molecular complexity index is 638. The molecule has 0 spiro atoms. The van der Waals surface area contributed by atoms with Crippen LogP contribution in [0.5, 0.6) is 0 Å². The Hall–Kier alpha value is -0.650. The van der Waals surface area contributed by atoms with Gasteiger partial charge in [0.2, 0.25) is 0 Å². The third-order valence-electron chi connectivity index (χ3n) is 3.67. The van der Waals surface area contributed by atoms with E-state index in [-0.39, 0.29) is 17.2 Å². The van der Waals surface area contributed by atoms with E-state index >= 15 is 0 Å². The van der Waals surface area contributed by atoms with Crippen molar-refractivity contribution in [3.63, 3.8) is 0 Å². The normalized spacial score (nSPS) is 18.6. The van der Waals surface area contributed by atoms with E-state index in [1.807, 2.05) is 6.92 Å². The van der Waals surface area contributed by atoms with Gasteiger partial charge in [-0.15, -0.1) is 11.6 Å². The zero-order chi connectivity index (χ0) is 14.3. The second kappa shape index (κ2) is 5.62. The molecule has 1 saturated heterocycles. The maximum atomic E-state index is 13.9. The first kappa shape index (κ1) is 14.3. The first-order valence-electron chi connectivity index (χ1n) is 6.66. The fraction of sp³-hybridized carbons (Fsp3) is 0.500.